The predicted molar refractivity (Wildman–Crippen MR) is 120 cm³/mol. The molecule has 1 N–H and O–H groups in total. The van der Waals surface area contributed by atoms with Crippen LogP contribution in [-0.2, 0) is 0 Å². The van der Waals surface area contributed by atoms with Gasteiger partial charge in [-0.2, -0.15) is 0 Å². The Morgan fingerprint density at radius 3 is 2.17 bits per heavy atom. The summed E-state index contributed by atoms with van der Waals surface area (Å²) >= 11 is 0. The van der Waals surface area contributed by atoms with Gasteiger partial charge >= 0.3 is 5.69 Å². The van der Waals surface area contributed by atoms with E-state index in [9.17, 15) is 10.1 Å². The molecular weight excluding hydrogens is 376 g/mol. The molecule has 30 heavy (non-hydrogen) atoms. The van der Waals surface area contributed by atoms with Gasteiger partial charge in [0.1, 0.15) is 11.9 Å². The molecule has 0 aliphatic heterocycles. The number of fused-ring (bicyclic) bond motifs is 2. The molecule has 0 spiro atoms. The van der Waals surface area contributed by atoms with E-state index < -0.39 is 4.92 Å². The van der Waals surface area contributed by atoms with Crippen molar-refractivity contribution in [3.05, 3.63) is 114 Å². The van der Waals surface area contributed by atoms with E-state index in [0.717, 1.165) is 22.1 Å². The van der Waals surface area contributed by atoms with E-state index in [1.165, 1.54) is 11.6 Å². The standard InChI is InChI=1S/C15H11N3O2.C9H7N/c19-18(20)14-10-16-13-9-5-4-8-12(13)15(14)17-11-6-2-1-3-7-11;1-2-6-9-8(4-1)5-3-7-10-9/h1-10H,(H,16,17);1-7H. The Kier molecular flexibility index (Phi) is 5.57. The summed E-state index contributed by atoms with van der Waals surface area (Å²) in [5.74, 6) is 0. The SMILES string of the molecule is O=[N+]([O-])c1cnc2ccccc2c1Nc1ccccc1.c1ccc2ncccc2c1. The average Bonchev–Trinajstić information content (AvgIpc) is 2.80. The number of nitrogens with one attached hydrogen (secondary N) is 1. The van der Waals surface area contributed by atoms with Gasteiger partial charge in [-0.25, -0.2) is 4.98 Å². The Labute approximate surface area is 173 Å². The number of pyridine rings is 2. The summed E-state index contributed by atoms with van der Waals surface area (Å²) in [6, 6.07) is 28.8. The van der Waals surface area contributed by atoms with Crippen LogP contribution >= 0.6 is 0 Å². The van der Waals surface area contributed by atoms with Crippen molar-refractivity contribution in [2.75, 3.05) is 5.32 Å². The van der Waals surface area contributed by atoms with Gasteiger partial charge in [-0.3, -0.25) is 15.1 Å². The van der Waals surface area contributed by atoms with Gasteiger partial charge < -0.3 is 5.32 Å². The highest BCUT2D eigenvalue weighted by atomic mass is 16.6. The molecule has 0 amide bonds. The van der Waals surface area contributed by atoms with Crippen molar-refractivity contribution in [2.45, 2.75) is 0 Å². The Hall–Kier alpha value is -4.32. The smallest absolute Gasteiger partial charge is 0.311 e. The Balaban J connectivity index is 0.000000181. The number of hydrogen-bond donors (Lipinski definition) is 1. The predicted octanol–water partition coefficient (Wildman–Crippen LogP) is 6.12. The first-order valence-electron chi connectivity index (χ1n) is 9.36. The van der Waals surface area contributed by atoms with E-state index in [0.29, 0.717) is 5.69 Å². The summed E-state index contributed by atoms with van der Waals surface area (Å²) in [6.45, 7) is 0. The third-order valence-electron chi connectivity index (χ3n) is 4.51. The molecule has 0 fully saturated rings. The first-order chi connectivity index (χ1) is 14.7. The summed E-state index contributed by atoms with van der Waals surface area (Å²) < 4.78 is 0. The van der Waals surface area contributed by atoms with Crippen LogP contribution in [0.3, 0.4) is 0 Å². The fourth-order valence-electron chi connectivity index (χ4n) is 3.08. The second-order valence-corrected chi connectivity index (χ2v) is 6.48. The van der Waals surface area contributed by atoms with Crippen LogP contribution in [0.15, 0.2) is 103 Å². The first kappa shape index (κ1) is 19.0. The number of para-hydroxylation sites is 3. The van der Waals surface area contributed by atoms with Crippen molar-refractivity contribution < 1.29 is 4.92 Å². The topological polar surface area (TPSA) is 81.0 Å². The lowest BCUT2D eigenvalue weighted by atomic mass is 10.1. The van der Waals surface area contributed by atoms with Gasteiger partial charge in [-0.1, -0.05) is 60.7 Å². The van der Waals surface area contributed by atoms with Crippen molar-refractivity contribution in [1.29, 1.82) is 0 Å². The van der Waals surface area contributed by atoms with Gasteiger partial charge in [0.15, 0.2) is 0 Å². The molecule has 5 rings (SSSR count). The summed E-state index contributed by atoms with van der Waals surface area (Å²) in [4.78, 5) is 19.1. The summed E-state index contributed by atoms with van der Waals surface area (Å²) in [6.07, 6.45) is 3.09. The number of aromatic nitrogens is 2. The Morgan fingerprint density at radius 1 is 0.733 bits per heavy atom. The minimum absolute atomic E-state index is 0.0347. The fourth-order valence-corrected chi connectivity index (χ4v) is 3.08. The van der Waals surface area contributed by atoms with Crippen LogP contribution in [0.2, 0.25) is 0 Å². The van der Waals surface area contributed by atoms with Crippen LogP contribution in [0, 0.1) is 10.1 Å². The second-order valence-electron chi connectivity index (χ2n) is 6.48. The zero-order valence-corrected chi connectivity index (χ0v) is 16.0. The first-order valence-corrected chi connectivity index (χ1v) is 9.36. The lowest BCUT2D eigenvalue weighted by Crippen LogP contribution is -1.99. The van der Waals surface area contributed by atoms with Gasteiger partial charge in [-0.15, -0.1) is 0 Å². The minimum atomic E-state index is -0.426. The largest absolute Gasteiger partial charge is 0.349 e. The highest BCUT2D eigenvalue weighted by Gasteiger charge is 2.17. The van der Waals surface area contributed by atoms with E-state index in [2.05, 4.69) is 27.4 Å². The number of nitrogens with zero attached hydrogens (tertiary/aromatic N) is 3. The molecule has 0 atom stereocenters. The molecule has 2 heterocycles. The van der Waals surface area contributed by atoms with Gasteiger partial charge in [0.25, 0.3) is 0 Å². The van der Waals surface area contributed by atoms with Crippen molar-refractivity contribution in [1.82, 2.24) is 9.97 Å². The van der Waals surface area contributed by atoms with E-state index >= 15 is 0 Å². The molecule has 2 aromatic heterocycles. The monoisotopic (exact) mass is 394 g/mol. The molecule has 0 saturated carbocycles. The Morgan fingerprint density at radius 2 is 1.40 bits per heavy atom. The molecule has 0 saturated heterocycles. The third-order valence-corrected chi connectivity index (χ3v) is 4.51. The van der Waals surface area contributed by atoms with Crippen molar-refractivity contribution in [2.24, 2.45) is 0 Å². The molecule has 6 nitrogen and oxygen atoms in total. The van der Waals surface area contributed by atoms with Gasteiger partial charge in [-0.05, 0) is 30.3 Å². The molecule has 0 unspecified atom stereocenters. The van der Waals surface area contributed by atoms with Gasteiger partial charge in [0.05, 0.1) is 16.0 Å². The highest BCUT2D eigenvalue weighted by molar-refractivity contribution is 5.97. The van der Waals surface area contributed by atoms with Gasteiger partial charge in [0, 0.05) is 22.7 Å². The summed E-state index contributed by atoms with van der Waals surface area (Å²) in [5.41, 5.74) is 3.01. The van der Waals surface area contributed by atoms with Crippen LogP contribution in [0.25, 0.3) is 21.8 Å². The van der Waals surface area contributed by atoms with Crippen LogP contribution in [-0.4, -0.2) is 14.9 Å². The Bertz CT molecular complexity index is 1240. The number of hydrogen-bond acceptors (Lipinski definition) is 5. The van der Waals surface area contributed by atoms with Crippen molar-refractivity contribution in [3.8, 4) is 0 Å². The molecule has 0 aliphatic rings. The zero-order valence-electron chi connectivity index (χ0n) is 16.0. The third kappa shape index (κ3) is 4.23. The molecule has 5 aromatic rings. The van der Waals surface area contributed by atoms with Crippen LogP contribution < -0.4 is 5.32 Å². The molecular formula is C24H18N4O2. The summed E-state index contributed by atoms with van der Waals surface area (Å²) in [5, 5.41) is 16.2. The highest BCUT2D eigenvalue weighted by Crippen LogP contribution is 2.33. The van der Waals surface area contributed by atoms with Crippen LogP contribution in [0.5, 0.6) is 0 Å². The maximum atomic E-state index is 11.2. The number of nitro groups is 1. The number of rotatable bonds is 3. The molecule has 0 aliphatic carbocycles. The lowest BCUT2D eigenvalue weighted by Gasteiger charge is -2.09. The molecule has 0 radical (unpaired) electrons. The lowest BCUT2D eigenvalue weighted by molar-refractivity contribution is -0.384. The number of benzene rings is 3. The van der Waals surface area contributed by atoms with Crippen LogP contribution in [0.4, 0.5) is 17.1 Å². The zero-order chi connectivity index (χ0) is 20.8. The second kappa shape index (κ2) is 8.79. The summed E-state index contributed by atoms with van der Waals surface area (Å²) in [7, 11) is 0. The maximum absolute atomic E-state index is 11.2. The van der Waals surface area contributed by atoms with Crippen LogP contribution in [0.1, 0.15) is 0 Å². The molecule has 6 heteroatoms. The minimum Gasteiger partial charge on any atom is -0.349 e. The van der Waals surface area contributed by atoms with Crippen molar-refractivity contribution in [3.63, 3.8) is 0 Å². The molecule has 0 bridgehead atoms. The van der Waals surface area contributed by atoms with E-state index in [4.69, 9.17) is 0 Å². The van der Waals surface area contributed by atoms with E-state index in [1.807, 2.05) is 85.1 Å². The normalized spacial score (nSPS) is 10.3. The van der Waals surface area contributed by atoms with E-state index in [1.54, 1.807) is 0 Å². The fraction of sp³-hybridized carbons (Fsp3) is 0. The molecule has 3 aromatic carbocycles. The van der Waals surface area contributed by atoms with Gasteiger partial charge in [0.2, 0.25) is 0 Å². The maximum Gasteiger partial charge on any atom is 0.311 e. The number of anilines is 2. The quantitative estimate of drug-likeness (QED) is 0.294. The van der Waals surface area contributed by atoms with E-state index in [-0.39, 0.29) is 5.69 Å². The van der Waals surface area contributed by atoms with Crippen molar-refractivity contribution >= 4 is 38.9 Å². The average molecular weight is 394 g/mol. The molecule has 146 valence electrons.